The number of rotatable bonds is 9. The number of nitrogens with zero attached hydrogens (tertiary/aromatic N) is 1. The van der Waals surface area contributed by atoms with Crippen molar-refractivity contribution in [3.8, 4) is 0 Å². The van der Waals surface area contributed by atoms with Crippen LogP contribution < -0.4 is 10.6 Å². The van der Waals surface area contributed by atoms with Crippen LogP contribution >= 0.6 is 24.0 Å². The summed E-state index contributed by atoms with van der Waals surface area (Å²) in [6.07, 6.45) is 5.31. The van der Waals surface area contributed by atoms with Gasteiger partial charge in [0.25, 0.3) is 0 Å². The van der Waals surface area contributed by atoms with Crippen molar-refractivity contribution < 1.29 is 8.95 Å². The lowest BCUT2D eigenvalue weighted by Crippen LogP contribution is -2.46. The number of nitrogens with one attached hydrogen (secondary N) is 2. The maximum atomic E-state index is 12.1. The zero-order valence-corrected chi connectivity index (χ0v) is 20.6. The van der Waals surface area contributed by atoms with Gasteiger partial charge in [0.1, 0.15) is 0 Å². The number of aliphatic imine (C=N–C) groups is 1. The molecule has 3 unspecified atom stereocenters. The average Bonchev–Trinajstić information content (AvgIpc) is 2.71. The molecule has 0 bridgehead atoms. The van der Waals surface area contributed by atoms with Crippen LogP contribution in [0.15, 0.2) is 29.3 Å². The number of hydrogen-bond acceptors (Lipinski definition) is 3. The van der Waals surface area contributed by atoms with Crippen molar-refractivity contribution >= 4 is 40.7 Å². The van der Waals surface area contributed by atoms with Crippen molar-refractivity contribution in [2.45, 2.75) is 70.4 Å². The predicted molar refractivity (Wildman–Crippen MR) is 130 cm³/mol. The molecule has 1 aliphatic carbocycles. The number of hydrogen-bond donors (Lipinski definition) is 2. The van der Waals surface area contributed by atoms with Gasteiger partial charge in [-0.25, -0.2) is 0 Å². The van der Waals surface area contributed by atoms with Crippen molar-refractivity contribution in [1.29, 1.82) is 0 Å². The molecular weight excluding hydrogens is 485 g/mol. The molecule has 1 saturated carbocycles. The Morgan fingerprint density at radius 1 is 1.25 bits per heavy atom. The summed E-state index contributed by atoms with van der Waals surface area (Å²) in [7, 11) is 1.10. The average molecular weight is 522 g/mol. The van der Waals surface area contributed by atoms with Crippen molar-refractivity contribution in [1.82, 2.24) is 10.6 Å². The van der Waals surface area contributed by atoms with Crippen molar-refractivity contribution in [3.63, 3.8) is 0 Å². The van der Waals surface area contributed by atoms with Gasteiger partial charge in [-0.1, -0.05) is 44.5 Å². The van der Waals surface area contributed by atoms with Gasteiger partial charge in [0.15, 0.2) is 5.96 Å². The number of ether oxygens (including phenoxy) is 1. The van der Waals surface area contributed by atoms with Crippen molar-refractivity contribution in [2.75, 3.05) is 19.4 Å². The Hall–Kier alpha value is -0.670. The molecular formula is C21H36IN3O2S. The van der Waals surface area contributed by atoms with Gasteiger partial charge in [-0.05, 0) is 36.8 Å². The Labute approximate surface area is 190 Å². The number of guanidine groups is 1. The Bertz CT molecular complexity index is 627. The summed E-state index contributed by atoms with van der Waals surface area (Å²) in [6.45, 7) is 6.27. The van der Waals surface area contributed by atoms with Crippen LogP contribution in [0.1, 0.15) is 57.1 Å². The van der Waals surface area contributed by atoms with E-state index in [1.54, 1.807) is 7.05 Å². The predicted octanol–water partition coefficient (Wildman–Crippen LogP) is 3.98. The topological polar surface area (TPSA) is 62.7 Å². The molecule has 0 aliphatic heterocycles. The highest BCUT2D eigenvalue weighted by molar-refractivity contribution is 14.0. The molecule has 1 aromatic rings. The quantitative estimate of drug-likeness (QED) is 0.224. The lowest BCUT2D eigenvalue weighted by Gasteiger charge is -2.30. The molecule has 7 heteroatoms. The van der Waals surface area contributed by atoms with E-state index in [4.69, 9.17) is 4.74 Å². The molecule has 1 fully saturated rings. The van der Waals surface area contributed by atoms with Crippen LogP contribution in [0.2, 0.25) is 0 Å². The van der Waals surface area contributed by atoms with Gasteiger partial charge < -0.3 is 15.4 Å². The minimum atomic E-state index is -0.706. The molecule has 1 aromatic carbocycles. The van der Waals surface area contributed by atoms with Gasteiger partial charge in [-0.15, -0.1) is 24.0 Å². The first-order chi connectivity index (χ1) is 13.2. The largest absolute Gasteiger partial charge is 0.377 e. The lowest BCUT2D eigenvalue weighted by atomic mass is 9.95. The Morgan fingerprint density at radius 3 is 2.68 bits per heavy atom. The lowest BCUT2D eigenvalue weighted by molar-refractivity contribution is 0.121. The van der Waals surface area contributed by atoms with E-state index in [1.165, 1.54) is 11.1 Å². The fraction of sp³-hybridized carbons (Fsp3) is 0.667. The van der Waals surface area contributed by atoms with Crippen LogP contribution in [-0.2, 0) is 28.7 Å². The molecule has 28 heavy (non-hydrogen) atoms. The fourth-order valence-electron chi connectivity index (χ4n) is 3.51. The number of benzene rings is 1. The normalized spacial score (nSPS) is 20.9. The summed E-state index contributed by atoms with van der Waals surface area (Å²) in [5.41, 5.74) is 2.44. The van der Waals surface area contributed by atoms with E-state index in [0.29, 0.717) is 24.4 Å². The summed E-state index contributed by atoms with van der Waals surface area (Å²) < 4.78 is 17.9. The third-order valence-electron chi connectivity index (χ3n) is 5.02. The Kier molecular flexibility index (Phi) is 13.0. The first-order valence-corrected chi connectivity index (χ1v) is 11.5. The van der Waals surface area contributed by atoms with E-state index in [9.17, 15) is 4.21 Å². The van der Waals surface area contributed by atoms with Crippen LogP contribution in [-0.4, -0.2) is 40.9 Å². The highest BCUT2D eigenvalue weighted by atomic mass is 127. The molecule has 0 heterocycles. The van der Waals surface area contributed by atoms with Gasteiger partial charge in [0, 0.05) is 48.0 Å². The summed E-state index contributed by atoms with van der Waals surface area (Å²) >= 11 is 0. The standard InChI is InChI=1S/C21H35N3O2S.HI/c1-4-13-26-16-18-10-7-6-9-17(18)15-23-21(22-3)24-19-11-8-12-20(14-19)27(25)5-2;/h6-7,9-10,19-20H,4-5,8,11-16H2,1-3H3,(H2,22,23,24);1H. The fourth-order valence-corrected chi connectivity index (χ4v) is 4.86. The third kappa shape index (κ3) is 8.37. The maximum absolute atomic E-state index is 12.1. The third-order valence-corrected chi connectivity index (χ3v) is 6.76. The molecule has 2 N–H and O–H groups in total. The molecule has 0 spiro atoms. The molecule has 0 radical (unpaired) electrons. The summed E-state index contributed by atoms with van der Waals surface area (Å²) in [4.78, 5) is 4.38. The van der Waals surface area contributed by atoms with Crippen LogP contribution in [0, 0.1) is 0 Å². The van der Waals surface area contributed by atoms with Gasteiger partial charge in [-0.3, -0.25) is 9.20 Å². The molecule has 0 amide bonds. The molecule has 3 atom stereocenters. The van der Waals surface area contributed by atoms with E-state index in [2.05, 4.69) is 46.8 Å². The minimum Gasteiger partial charge on any atom is -0.377 e. The van der Waals surface area contributed by atoms with Gasteiger partial charge in [-0.2, -0.15) is 0 Å². The summed E-state index contributed by atoms with van der Waals surface area (Å²) in [6, 6.07) is 8.70. The van der Waals surface area contributed by atoms with Crippen LogP contribution in [0.4, 0.5) is 0 Å². The second kappa shape index (κ2) is 14.3. The summed E-state index contributed by atoms with van der Waals surface area (Å²) in [5.74, 6) is 1.56. The van der Waals surface area contributed by atoms with Crippen molar-refractivity contribution in [3.05, 3.63) is 35.4 Å². The Balaban J connectivity index is 0.00000392. The van der Waals surface area contributed by atoms with Crippen molar-refractivity contribution in [2.24, 2.45) is 4.99 Å². The molecule has 2 rings (SSSR count). The van der Waals surface area contributed by atoms with E-state index in [0.717, 1.165) is 50.4 Å². The van der Waals surface area contributed by atoms with E-state index in [1.807, 2.05) is 6.92 Å². The van der Waals surface area contributed by atoms with Crippen LogP contribution in [0.25, 0.3) is 0 Å². The molecule has 0 aromatic heterocycles. The molecule has 160 valence electrons. The van der Waals surface area contributed by atoms with E-state index >= 15 is 0 Å². The second-order valence-corrected chi connectivity index (χ2v) is 9.05. The second-order valence-electron chi connectivity index (χ2n) is 7.05. The highest BCUT2D eigenvalue weighted by Crippen LogP contribution is 2.23. The Morgan fingerprint density at radius 2 is 2.00 bits per heavy atom. The highest BCUT2D eigenvalue weighted by Gasteiger charge is 2.26. The van der Waals surface area contributed by atoms with Crippen LogP contribution in [0.5, 0.6) is 0 Å². The zero-order valence-electron chi connectivity index (χ0n) is 17.4. The van der Waals surface area contributed by atoms with Gasteiger partial charge >= 0.3 is 0 Å². The SMILES string of the molecule is CCCOCc1ccccc1CNC(=NC)NC1CCCC(S(=O)CC)C1.I. The number of halogens is 1. The van der Waals surface area contributed by atoms with Gasteiger partial charge in [0.2, 0.25) is 0 Å². The van der Waals surface area contributed by atoms with E-state index < -0.39 is 10.8 Å². The smallest absolute Gasteiger partial charge is 0.191 e. The molecule has 1 aliphatic rings. The minimum absolute atomic E-state index is 0. The molecule has 0 saturated heterocycles. The first kappa shape index (κ1) is 25.4. The zero-order chi connectivity index (χ0) is 19.5. The van der Waals surface area contributed by atoms with E-state index in [-0.39, 0.29) is 24.0 Å². The monoisotopic (exact) mass is 521 g/mol. The molecule has 5 nitrogen and oxygen atoms in total. The first-order valence-electron chi connectivity index (χ1n) is 10.2. The summed E-state index contributed by atoms with van der Waals surface area (Å²) in [5, 5.41) is 7.27. The van der Waals surface area contributed by atoms with Crippen LogP contribution in [0.3, 0.4) is 0 Å². The maximum Gasteiger partial charge on any atom is 0.191 e. The van der Waals surface area contributed by atoms with Gasteiger partial charge in [0.05, 0.1) is 6.61 Å².